The molecule has 1 saturated heterocycles. The van der Waals surface area contributed by atoms with E-state index in [1.165, 1.54) is 37.7 Å². The molecule has 0 spiro atoms. The van der Waals surface area contributed by atoms with Gasteiger partial charge in [0.1, 0.15) is 0 Å². The van der Waals surface area contributed by atoms with Crippen molar-refractivity contribution in [2.24, 2.45) is 5.92 Å². The molecule has 2 amide bonds. The van der Waals surface area contributed by atoms with E-state index in [-0.39, 0.29) is 11.8 Å². The highest BCUT2D eigenvalue weighted by Crippen LogP contribution is 2.30. The summed E-state index contributed by atoms with van der Waals surface area (Å²) in [6.45, 7) is 8.16. The minimum atomic E-state index is 0.0185. The van der Waals surface area contributed by atoms with E-state index < -0.39 is 0 Å². The maximum absolute atomic E-state index is 14.0. The smallest absolute Gasteiger partial charge is 0.223 e. The van der Waals surface area contributed by atoms with E-state index in [0.29, 0.717) is 37.0 Å². The molecule has 6 nitrogen and oxygen atoms in total. The molecule has 0 aromatic heterocycles. The molecule has 2 aromatic rings. The van der Waals surface area contributed by atoms with Crippen molar-refractivity contribution in [2.75, 3.05) is 44.2 Å². The molecule has 2 aromatic carbocycles. The third kappa shape index (κ3) is 8.33. The van der Waals surface area contributed by atoms with Crippen molar-refractivity contribution < 1.29 is 9.59 Å². The van der Waals surface area contributed by atoms with E-state index in [4.69, 9.17) is 11.6 Å². The number of anilines is 1. The lowest BCUT2D eigenvalue weighted by atomic mass is 9.88. The zero-order chi connectivity index (χ0) is 28.6. The van der Waals surface area contributed by atoms with Crippen molar-refractivity contribution in [1.82, 2.24) is 14.7 Å². The van der Waals surface area contributed by atoms with Crippen molar-refractivity contribution in [2.45, 2.75) is 83.8 Å². The minimum Gasteiger partial charge on any atom is -0.337 e. The van der Waals surface area contributed by atoms with E-state index in [1.54, 1.807) is 6.92 Å². The van der Waals surface area contributed by atoms with Crippen LogP contribution in [-0.2, 0) is 22.7 Å². The molecule has 2 aliphatic heterocycles. The van der Waals surface area contributed by atoms with Crippen LogP contribution >= 0.6 is 11.6 Å². The highest BCUT2D eigenvalue weighted by atomic mass is 35.5. The number of likely N-dealkylation sites (tertiary alicyclic amines) is 1. The lowest BCUT2D eigenvalue weighted by molar-refractivity contribution is -0.133. The van der Waals surface area contributed by atoms with Gasteiger partial charge in [-0.15, -0.1) is 0 Å². The Morgan fingerprint density at radius 2 is 1.59 bits per heavy atom. The second-order valence-electron chi connectivity index (χ2n) is 12.3. The Morgan fingerprint density at radius 1 is 0.829 bits per heavy atom. The van der Waals surface area contributed by atoms with Gasteiger partial charge < -0.3 is 14.7 Å². The summed E-state index contributed by atoms with van der Waals surface area (Å²) in [6.07, 6.45) is 10.5. The molecule has 0 atom stereocenters. The minimum absolute atomic E-state index is 0.0185. The van der Waals surface area contributed by atoms with Crippen molar-refractivity contribution in [3.63, 3.8) is 0 Å². The van der Waals surface area contributed by atoms with Crippen molar-refractivity contribution in [3.8, 4) is 0 Å². The number of rotatable bonds is 5. The Labute approximate surface area is 251 Å². The van der Waals surface area contributed by atoms with E-state index in [9.17, 15) is 9.59 Å². The summed E-state index contributed by atoms with van der Waals surface area (Å²) in [5, 5.41) is 0.635. The molecule has 1 saturated carbocycles. The molecule has 0 radical (unpaired) electrons. The number of nitrogens with zero attached hydrogens (tertiary/aromatic N) is 4. The Bertz CT molecular complexity index is 1140. The highest BCUT2D eigenvalue weighted by molar-refractivity contribution is 6.30. The molecule has 5 rings (SSSR count). The van der Waals surface area contributed by atoms with E-state index in [0.717, 1.165) is 69.3 Å². The van der Waals surface area contributed by atoms with Crippen LogP contribution in [0, 0.1) is 5.92 Å². The van der Waals surface area contributed by atoms with Crippen LogP contribution < -0.4 is 4.90 Å². The van der Waals surface area contributed by atoms with Gasteiger partial charge in [0.25, 0.3) is 0 Å². The molecule has 222 valence electrons. The Kier molecular flexibility index (Phi) is 10.7. The molecule has 7 heteroatoms. The van der Waals surface area contributed by atoms with Gasteiger partial charge in [-0.25, -0.2) is 0 Å². The third-order valence-electron chi connectivity index (χ3n) is 9.42. The SMILES string of the molecule is CC(=O)N1CCCN(Cc2ccccc2)CCN(C(=O)CC2CCN(C3CCCCC3)CC2)Cc2cc(Cl)ccc21. The topological polar surface area (TPSA) is 47.1 Å². The molecular formula is C34H47ClN4O2. The number of benzene rings is 2. The first-order valence-electron chi connectivity index (χ1n) is 15.8. The zero-order valence-corrected chi connectivity index (χ0v) is 25.5. The van der Waals surface area contributed by atoms with Crippen LogP contribution in [0.3, 0.4) is 0 Å². The Balaban J connectivity index is 1.31. The van der Waals surface area contributed by atoms with Gasteiger partial charge >= 0.3 is 0 Å². The summed E-state index contributed by atoms with van der Waals surface area (Å²) in [5.41, 5.74) is 3.09. The molecule has 41 heavy (non-hydrogen) atoms. The number of carbonyl (C=O) groups is 2. The Morgan fingerprint density at radius 3 is 2.32 bits per heavy atom. The summed E-state index contributed by atoms with van der Waals surface area (Å²) < 4.78 is 0. The highest BCUT2D eigenvalue weighted by Gasteiger charge is 2.29. The normalized spacial score (nSPS) is 20.8. The summed E-state index contributed by atoms with van der Waals surface area (Å²) in [5.74, 6) is 0.679. The predicted molar refractivity (Wildman–Crippen MR) is 167 cm³/mol. The largest absolute Gasteiger partial charge is 0.337 e. The first-order chi connectivity index (χ1) is 20.0. The van der Waals surface area contributed by atoms with Gasteiger partial charge in [0.2, 0.25) is 11.8 Å². The molecular weight excluding hydrogens is 532 g/mol. The number of hydrogen-bond donors (Lipinski definition) is 0. The average molecular weight is 579 g/mol. The summed E-state index contributed by atoms with van der Waals surface area (Å²) in [4.78, 5) is 35.8. The van der Waals surface area contributed by atoms with Crippen LogP contribution in [0.25, 0.3) is 0 Å². The van der Waals surface area contributed by atoms with E-state index in [2.05, 4.69) is 34.1 Å². The molecule has 0 N–H and O–H groups in total. The van der Waals surface area contributed by atoms with Crippen molar-refractivity contribution in [3.05, 3.63) is 64.7 Å². The van der Waals surface area contributed by atoms with Gasteiger partial charge in [0.05, 0.1) is 0 Å². The van der Waals surface area contributed by atoms with Crippen molar-refractivity contribution in [1.29, 1.82) is 0 Å². The first-order valence-corrected chi connectivity index (χ1v) is 16.2. The van der Waals surface area contributed by atoms with Gasteiger partial charge in [-0.05, 0) is 80.4 Å². The zero-order valence-electron chi connectivity index (χ0n) is 24.8. The van der Waals surface area contributed by atoms with Crippen LogP contribution in [0.4, 0.5) is 5.69 Å². The number of fused-ring (bicyclic) bond motifs is 1. The van der Waals surface area contributed by atoms with Crippen LogP contribution in [0.2, 0.25) is 5.02 Å². The molecule has 0 bridgehead atoms. The Hall–Kier alpha value is -2.41. The lowest BCUT2D eigenvalue weighted by Crippen LogP contribution is -2.44. The second kappa shape index (κ2) is 14.7. The van der Waals surface area contributed by atoms with Gasteiger partial charge in [0, 0.05) is 69.4 Å². The number of amides is 2. The number of hydrogen-bond acceptors (Lipinski definition) is 4. The van der Waals surface area contributed by atoms with Crippen LogP contribution in [0.1, 0.15) is 75.8 Å². The van der Waals surface area contributed by atoms with Crippen LogP contribution in [0.5, 0.6) is 0 Å². The van der Waals surface area contributed by atoms with E-state index in [1.807, 2.05) is 34.1 Å². The summed E-state index contributed by atoms with van der Waals surface area (Å²) in [7, 11) is 0. The lowest BCUT2D eigenvalue weighted by Gasteiger charge is -2.39. The number of halogens is 1. The quantitative estimate of drug-likeness (QED) is 0.414. The fourth-order valence-electron chi connectivity index (χ4n) is 7.06. The van der Waals surface area contributed by atoms with Crippen LogP contribution in [0.15, 0.2) is 48.5 Å². The maximum Gasteiger partial charge on any atom is 0.223 e. The van der Waals surface area contributed by atoms with Gasteiger partial charge in [-0.2, -0.15) is 0 Å². The monoisotopic (exact) mass is 578 g/mol. The fraction of sp³-hybridized carbons (Fsp3) is 0.588. The summed E-state index contributed by atoms with van der Waals surface area (Å²) in [6, 6.07) is 17.0. The molecule has 1 aliphatic carbocycles. The van der Waals surface area contributed by atoms with Crippen LogP contribution in [-0.4, -0.2) is 71.8 Å². The van der Waals surface area contributed by atoms with Gasteiger partial charge in [0.15, 0.2) is 0 Å². The third-order valence-corrected chi connectivity index (χ3v) is 9.66. The maximum atomic E-state index is 14.0. The van der Waals surface area contributed by atoms with Gasteiger partial charge in [-0.1, -0.05) is 61.2 Å². The summed E-state index contributed by atoms with van der Waals surface area (Å²) >= 11 is 6.46. The van der Waals surface area contributed by atoms with Gasteiger partial charge in [-0.3, -0.25) is 14.5 Å². The average Bonchev–Trinajstić information content (AvgIpc) is 3.02. The second-order valence-corrected chi connectivity index (χ2v) is 12.8. The molecule has 3 aliphatic rings. The first kappa shape index (κ1) is 30.1. The molecule has 2 heterocycles. The van der Waals surface area contributed by atoms with Crippen molar-refractivity contribution >= 4 is 29.1 Å². The predicted octanol–water partition coefficient (Wildman–Crippen LogP) is 6.36. The van der Waals surface area contributed by atoms with E-state index >= 15 is 0 Å². The standard InChI is InChI=1S/C34H47ClN4O2/c1-27(40)39-18-8-17-36(25-29-9-4-2-5-10-29)21-22-38(26-30-24-31(35)13-14-33(30)39)34(41)23-28-15-19-37(20-16-28)32-11-6-3-7-12-32/h2,4-5,9-10,13-14,24,28,32H,3,6-8,11-12,15-23,25-26H2,1H3. The number of piperidine rings is 1. The molecule has 0 unspecified atom stereocenters. The molecule has 2 fully saturated rings. The number of carbonyl (C=O) groups excluding carboxylic acids is 2. The fourth-order valence-corrected chi connectivity index (χ4v) is 7.25.